The van der Waals surface area contributed by atoms with Crippen molar-refractivity contribution in [3.8, 4) is 0 Å². The molecule has 2 N–H and O–H groups in total. The maximum atomic E-state index is 13.0. The Kier molecular flexibility index (Phi) is 4.11. The molecule has 1 aliphatic rings. The first-order valence-electron chi connectivity index (χ1n) is 7.30. The minimum atomic E-state index is -4.04. The summed E-state index contributed by atoms with van der Waals surface area (Å²) in [4.78, 5) is 11.6. The lowest BCUT2D eigenvalue weighted by molar-refractivity contribution is -0.113. The Morgan fingerprint density at radius 3 is 2.42 bits per heavy atom. The van der Waals surface area contributed by atoms with Crippen molar-refractivity contribution in [2.75, 3.05) is 10.8 Å². The molecule has 24 heavy (non-hydrogen) atoms. The zero-order valence-electron chi connectivity index (χ0n) is 12.9. The maximum absolute atomic E-state index is 13.0. The van der Waals surface area contributed by atoms with E-state index in [0.717, 1.165) is 0 Å². The predicted molar refractivity (Wildman–Crippen MR) is 95.1 cm³/mol. The number of anilines is 1. The Morgan fingerprint density at radius 2 is 1.83 bits per heavy atom. The fourth-order valence-corrected chi connectivity index (χ4v) is 4.79. The van der Waals surface area contributed by atoms with Crippen molar-refractivity contribution in [1.29, 1.82) is 0 Å². The molecule has 2 aromatic rings. The van der Waals surface area contributed by atoms with Crippen LogP contribution in [0.2, 0.25) is 5.02 Å². The van der Waals surface area contributed by atoms with Gasteiger partial charge in [0.05, 0.1) is 5.69 Å². The molecule has 1 aliphatic heterocycles. The normalized spacial score (nSPS) is 16.0. The van der Waals surface area contributed by atoms with Gasteiger partial charge < -0.3 is 5.73 Å². The molecule has 0 radical (unpaired) electrons. The van der Waals surface area contributed by atoms with Crippen molar-refractivity contribution in [2.45, 2.75) is 6.92 Å². The highest BCUT2D eigenvalue weighted by Crippen LogP contribution is 2.43. The molecule has 0 aromatic heterocycles. The van der Waals surface area contributed by atoms with Crippen LogP contribution in [0.1, 0.15) is 18.1 Å². The highest BCUT2D eigenvalue weighted by molar-refractivity contribution is 7.97. The van der Waals surface area contributed by atoms with Crippen LogP contribution in [0.15, 0.2) is 53.4 Å². The molecule has 7 heteroatoms. The van der Waals surface area contributed by atoms with Gasteiger partial charge in [0.25, 0.3) is 15.9 Å². The lowest BCUT2D eigenvalue weighted by Gasteiger charge is -2.32. The number of hydrogen-bond donors (Lipinski definition) is 1. The van der Waals surface area contributed by atoms with Crippen molar-refractivity contribution in [2.24, 2.45) is 5.73 Å². The van der Waals surface area contributed by atoms with E-state index in [9.17, 15) is 13.2 Å². The number of halogens is 1. The molecule has 0 fully saturated rings. The molecule has 0 saturated carbocycles. The number of nitrogens with two attached hydrogens (primary N) is 1. The third kappa shape index (κ3) is 2.48. The number of fused-ring (bicyclic) bond motifs is 1. The lowest BCUT2D eigenvalue weighted by atomic mass is 9.95. The van der Waals surface area contributed by atoms with Gasteiger partial charge in [-0.1, -0.05) is 41.9 Å². The van der Waals surface area contributed by atoms with Gasteiger partial charge in [0.2, 0.25) is 0 Å². The summed E-state index contributed by atoms with van der Waals surface area (Å²) < 4.78 is 27.1. The average Bonchev–Trinajstić information content (AvgIpc) is 2.54. The van der Waals surface area contributed by atoms with E-state index in [1.54, 1.807) is 49.4 Å². The van der Waals surface area contributed by atoms with Crippen LogP contribution >= 0.6 is 11.6 Å². The number of rotatable bonds is 3. The monoisotopic (exact) mass is 362 g/mol. The largest absolute Gasteiger partial charge is 0.365 e. The second kappa shape index (κ2) is 5.96. The molecule has 0 atom stereocenters. The van der Waals surface area contributed by atoms with Crippen LogP contribution in [-0.4, -0.2) is 20.9 Å². The van der Waals surface area contributed by atoms with Gasteiger partial charge in [0, 0.05) is 22.7 Å². The van der Waals surface area contributed by atoms with E-state index in [1.165, 1.54) is 4.31 Å². The predicted octanol–water partition coefficient (Wildman–Crippen LogP) is 2.75. The topological polar surface area (TPSA) is 80.5 Å². The Balaban J connectivity index is 2.49. The van der Waals surface area contributed by atoms with Crippen LogP contribution in [0.5, 0.6) is 0 Å². The van der Waals surface area contributed by atoms with Gasteiger partial charge in [-0.2, -0.15) is 0 Å². The minimum absolute atomic E-state index is 0.176. The number of carbonyl (C=O) groups excluding carboxylic acids is 1. The molecule has 3 rings (SSSR count). The molecule has 0 saturated heterocycles. The van der Waals surface area contributed by atoms with Crippen LogP contribution in [0, 0.1) is 0 Å². The van der Waals surface area contributed by atoms with E-state index in [4.69, 9.17) is 17.3 Å². The zero-order chi connectivity index (χ0) is 17.5. The molecule has 0 unspecified atom stereocenters. The van der Waals surface area contributed by atoms with Gasteiger partial charge in [-0.25, -0.2) is 8.42 Å². The van der Waals surface area contributed by atoms with Crippen molar-refractivity contribution in [3.63, 3.8) is 0 Å². The number of carbonyl (C=O) groups is 1. The Morgan fingerprint density at radius 1 is 1.17 bits per heavy atom. The molecular formula is C17H15ClN2O3S. The van der Waals surface area contributed by atoms with Gasteiger partial charge >= 0.3 is 0 Å². The van der Waals surface area contributed by atoms with Crippen LogP contribution in [0.25, 0.3) is 5.57 Å². The molecule has 124 valence electrons. The molecule has 5 nitrogen and oxygen atoms in total. The molecule has 0 bridgehead atoms. The second-order valence-electron chi connectivity index (χ2n) is 5.27. The Hall–Kier alpha value is -2.31. The van der Waals surface area contributed by atoms with Crippen LogP contribution < -0.4 is 10.0 Å². The summed E-state index contributed by atoms with van der Waals surface area (Å²) in [5.74, 6) is -0.988. The molecule has 1 amide bonds. The van der Waals surface area contributed by atoms with E-state index in [-0.39, 0.29) is 12.1 Å². The zero-order valence-corrected chi connectivity index (χ0v) is 14.4. The van der Waals surface area contributed by atoms with Crippen LogP contribution in [0.4, 0.5) is 5.69 Å². The summed E-state index contributed by atoms with van der Waals surface area (Å²) in [7, 11) is -4.04. The Labute approximate surface area is 145 Å². The van der Waals surface area contributed by atoms with Crippen molar-refractivity contribution in [3.05, 3.63) is 69.6 Å². The fourth-order valence-electron chi connectivity index (χ4n) is 2.90. The highest BCUT2D eigenvalue weighted by Gasteiger charge is 2.39. The Bertz CT molecular complexity index is 953. The molecule has 0 aliphatic carbocycles. The third-order valence-electron chi connectivity index (χ3n) is 3.85. The first kappa shape index (κ1) is 16.5. The SMILES string of the molecule is CCN1c2ccc(Cl)cc2C(c2ccccc2)=C(C(N)=O)S1(=O)=O. The first-order chi connectivity index (χ1) is 11.4. The number of amides is 1. The highest BCUT2D eigenvalue weighted by atomic mass is 35.5. The van der Waals surface area contributed by atoms with E-state index in [0.29, 0.717) is 21.8 Å². The number of primary amides is 1. The van der Waals surface area contributed by atoms with Crippen molar-refractivity contribution in [1.82, 2.24) is 0 Å². The number of nitrogens with zero attached hydrogens (tertiary/aromatic N) is 1. The molecule has 0 spiro atoms. The number of benzene rings is 2. The van der Waals surface area contributed by atoms with Crippen molar-refractivity contribution >= 4 is 38.8 Å². The number of hydrogen-bond acceptors (Lipinski definition) is 3. The summed E-state index contributed by atoms with van der Waals surface area (Å²) in [6.07, 6.45) is 0. The quantitative estimate of drug-likeness (QED) is 0.911. The summed E-state index contributed by atoms with van der Waals surface area (Å²) in [5, 5.41) is 0.446. The average molecular weight is 363 g/mol. The van der Waals surface area contributed by atoms with Crippen molar-refractivity contribution < 1.29 is 13.2 Å². The van der Waals surface area contributed by atoms with Crippen LogP contribution in [-0.2, 0) is 14.8 Å². The lowest BCUT2D eigenvalue weighted by Crippen LogP contribution is -2.39. The molecular weight excluding hydrogens is 348 g/mol. The summed E-state index contributed by atoms with van der Waals surface area (Å²) in [5.41, 5.74) is 7.37. The third-order valence-corrected chi connectivity index (χ3v) is 6.04. The van der Waals surface area contributed by atoms with Gasteiger partial charge in [-0.3, -0.25) is 9.10 Å². The number of sulfonamides is 1. The van der Waals surface area contributed by atoms with Gasteiger partial charge in [-0.15, -0.1) is 0 Å². The van der Waals surface area contributed by atoms with E-state index < -0.39 is 20.8 Å². The second-order valence-corrected chi connectivity index (χ2v) is 7.50. The van der Waals surface area contributed by atoms with Gasteiger partial charge in [0.1, 0.15) is 0 Å². The van der Waals surface area contributed by atoms with E-state index in [1.807, 2.05) is 6.07 Å². The summed E-state index contributed by atoms with van der Waals surface area (Å²) in [6, 6.07) is 13.7. The van der Waals surface area contributed by atoms with E-state index in [2.05, 4.69) is 0 Å². The fraction of sp³-hybridized carbons (Fsp3) is 0.118. The van der Waals surface area contributed by atoms with Gasteiger partial charge in [0.15, 0.2) is 4.91 Å². The first-order valence-corrected chi connectivity index (χ1v) is 9.12. The maximum Gasteiger partial charge on any atom is 0.270 e. The molecule has 1 heterocycles. The standard InChI is InChI=1S/C17H15ClN2O3S/c1-2-20-14-9-8-12(18)10-13(14)15(11-6-4-3-5-7-11)16(17(19)21)24(20,22)23/h3-10H,2H2,1H3,(H2,19,21). The molecule has 2 aromatic carbocycles. The van der Waals surface area contributed by atoms with Gasteiger partial charge in [-0.05, 0) is 30.7 Å². The summed E-state index contributed by atoms with van der Waals surface area (Å²) >= 11 is 6.11. The van der Waals surface area contributed by atoms with E-state index >= 15 is 0 Å². The van der Waals surface area contributed by atoms with Crippen LogP contribution in [0.3, 0.4) is 0 Å². The minimum Gasteiger partial charge on any atom is -0.365 e. The smallest absolute Gasteiger partial charge is 0.270 e. The summed E-state index contributed by atoms with van der Waals surface area (Å²) in [6.45, 7) is 1.87.